The van der Waals surface area contributed by atoms with E-state index < -0.39 is 53.4 Å². The minimum atomic E-state index is -4.88. The van der Waals surface area contributed by atoms with Gasteiger partial charge in [0.1, 0.15) is 33.6 Å². The molecule has 3 aromatic carbocycles. The molecule has 4 rings (SSSR count). The quantitative estimate of drug-likeness (QED) is 0.0137. The van der Waals surface area contributed by atoms with Gasteiger partial charge in [-0.25, -0.2) is 30.0 Å². The summed E-state index contributed by atoms with van der Waals surface area (Å²) in [4.78, 5) is 13.7. The standard InChI is InChI=1S/C26H24N6O13S5.3Na/c1-32(9-10-46-45-44-34)24-22(28-25(33)16-4-3-5-19(12-16)50(40,41)42)13-17(14-23(24)43-2)29-30-26-20-15-18(6-7-21(20)31-47-26)49(38,39)27-8-11-48(35,36)37;;;/h3-7,12-15,27,34H,8,11H2,1-2H3,(H,28,33)(H,35,36,37)(H,40,41,42);;;/q;3*+1/p-3. The van der Waals surface area contributed by atoms with Gasteiger partial charge in [0.15, 0.2) is 5.00 Å². The Kier molecular flexibility index (Phi) is 20.5. The minimum Gasteiger partial charge on any atom is -0.748 e. The van der Waals surface area contributed by atoms with Crippen molar-refractivity contribution in [3.63, 3.8) is 0 Å². The molecule has 2 N–H and O–H groups in total. The van der Waals surface area contributed by atoms with E-state index in [0.29, 0.717) is 17.6 Å². The largest absolute Gasteiger partial charge is 1.00 e. The Balaban J connectivity index is 0.00000468. The summed E-state index contributed by atoms with van der Waals surface area (Å²) < 4.78 is 108. The van der Waals surface area contributed by atoms with Gasteiger partial charge in [-0.15, -0.1) is 10.2 Å². The van der Waals surface area contributed by atoms with Crippen LogP contribution in [0, 0.1) is 11.3 Å². The number of methoxy groups -OCH3 is 1. The molecule has 0 saturated heterocycles. The number of benzene rings is 3. The van der Waals surface area contributed by atoms with Gasteiger partial charge in [0.25, 0.3) is 5.91 Å². The van der Waals surface area contributed by atoms with Crippen LogP contribution in [-0.2, 0) is 39.6 Å². The Labute approximate surface area is 378 Å². The molecule has 0 aliphatic carbocycles. The van der Waals surface area contributed by atoms with E-state index in [0.717, 1.165) is 23.7 Å². The molecule has 19 nitrogen and oxygen atoms in total. The zero-order chi connectivity index (χ0) is 36.7. The molecule has 1 amide bonds. The Morgan fingerprint density at radius 3 is 2.36 bits per heavy atom. The summed E-state index contributed by atoms with van der Waals surface area (Å²) in [5.41, 5.74) is 0.420. The number of azo groups is 1. The molecule has 0 spiro atoms. The van der Waals surface area contributed by atoms with E-state index in [1.165, 1.54) is 61.5 Å². The number of ether oxygens (including phenoxy) is 1. The molecule has 0 aliphatic rings. The van der Waals surface area contributed by atoms with Crippen molar-refractivity contribution < 1.29 is 147 Å². The van der Waals surface area contributed by atoms with Gasteiger partial charge in [-0.1, -0.05) is 6.07 Å². The fourth-order valence-corrected chi connectivity index (χ4v) is 7.02. The number of anilines is 2. The number of carbonyl (C=O) groups excluding carboxylic acids is 1. The predicted octanol–water partition coefficient (Wildman–Crippen LogP) is -7.06. The zero-order valence-corrected chi connectivity index (χ0v) is 38.3. The van der Waals surface area contributed by atoms with Gasteiger partial charge in [-0.2, -0.15) is 8.71 Å². The molecule has 0 bridgehead atoms. The molecule has 0 aliphatic heterocycles. The summed E-state index contributed by atoms with van der Waals surface area (Å²) in [7, 11) is -11.0. The van der Waals surface area contributed by atoms with Crippen LogP contribution in [0.2, 0.25) is 0 Å². The third-order valence-electron chi connectivity index (χ3n) is 6.20. The first kappa shape index (κ1) is 49.8. The van der Waals surface area contributed by atoms with Gasteiger partial charge in [0.2, 0.25) is 10.0 Å². The number of carbonyl (C=O) groups is 1. The second-order valence-electron chi connectivity index (χ2n) is 9.50. The van der Waals surface area contributed by atoms with Crippen molar-refractivity contribution in [2.45, 2.75) is 9.79 Å². The number of aromatic nitrogens is 1. The molecular weight excluding hydrogens is 834 g/mol. The van der Waals surface area contributed by atoms with Crippen molar-refractivity contribution >= 4 is 92.7 Å². The Morgan fingerprint density at radius 1 is 1.00 bits per heavy atom. The monoisotopic (exact) mass is 854 g/mol. The van der Waals surface area contributed by atoms with Crippen LogP contribution in [0.25, 0.3) is 10.9 Å². The number of fused-ring (bicyclic) bond motifs is 1. The molecule has 0 fully saturated rings. The van der Waals surface area contributed by atoms with E-state index in [1.807, 2.05) is 4.72 Å². The summed E-state index contributed by atoms with van der Waals surface area (Å²) in [5.74, 6) is -1.70. The molecule has 53 heavy (non-hydrogen) atoms. The van der Waals surface area contributed by atoms with Gasteiger partial charge >= 0.3 is 88.7 Å². The first-order valence-electron chi connectivity index (χ1n) is 13.2. The maximum atomic E-state index is 13.3. The molecule has 1 aromatic heterocycles. The van der Waals surface area contributed by atoms with Crippen molar-refractivity contribution in [3.8, 4) is 17.0 Å². The van der Waals surface area contributed by atoms with E-state index in [-0.39, 0.29) is 132 Å². The van der Waals surface area contributed by atoms with Crippen molar-refractivity contribution in [1.82, 2.24) is 9.10 Å². The van der Waals surface area contributed by atoms with Gasteiger partial charge in [0.05, 0.1) is 49.7 Å². The molecule has 0 saturated carbocycles. The first-order valence-corrected chi connectivity index (χ1v) is 19.2. The second kappa shape index (κ2) is 21.9. The predicted molar refractivity (Wildman–Crippen MR) is 175 cm³/mol. The van der Waals surface area contributed by atoms with Crippen LogP contribution in [0.3, 0.4) is 0 Å². The van der Waals surface area contributed by atoms with Crippen LogP contribution in [0.4, 0.5) is 22.1 Å². The van der Waals surface area contributed by atoms with Crippen LogP contribution in [0.1, 0.15) is 10.4 Å². The Bertz CT molecular complexity index is 2360. The average molecular weight is 855 g/mol. The topological polar surface area (TPSA) is 281 Å². The van der Waals surface area contributed by atoms with Gasteiger partial charge in [-0.05, 0) is 54.0 Å². The number of sulfonamides is 1. The molecule has 0 radical (unpaired) electrons. The summed E-state index contributed by atoms with van der Waals surface area (Å²) in [6.45, 7) is -0.636. The van der Waals surface area contributed by atoms with E-state index in [1.54, 1.807) is 0 Å². The van der Waals surface area contributed by atoms with Crippen molar-refractivity contribution in [2.75, 3.05) is 36.7 Å². The van der Waals surface area contributed by atoms with Gasteiger partial charge < -0.3 is 24.4 Å². The number of amides is 1. The molecule has 1 heterocycles. The maximum Gasteiger partial charge on any atom is 1.00 e. The maximum absolute atomic E-state index is 13.3. The number of nitrogens with zero attached hydrogens (tertiary/aromatic N) is 4. The van der Waals surface area contributed by atoms with Crippen molar-refractivity contribution in [1.29, 1.82) is 0 Å². The Hall–Kier alpha value is -1.26. The SMILES string of the molecule is COc1cc(N=Nc2snc3ccc(S(=O)(=O)NCCS(=O)(=O)[O-])cc23)cc(NC(=O)c2cccc(S(=O)(=O)[O-])c2)c1N(C)C#CSOO[O-].[Na+].[Na+].[Na+]. The zero-order valence-electron chi connectivity index (χ0n) is 28.2. The van der Waals surface area contributed by atoms with Crippen LogP contribution in [0.5, 0.6) is 5.75 Å². The molecule has 0 unspecified atom stereocenters. The van der Waals surface area contributed by atoms with Crippen molar-refractivity contribution in [3.05, 3.63) is 60.2 Å². The van der Waals surface area contributed by atoms with E-state index in [9.17, 15) is 44.4 Å². The fourth-order valence-electron chi connectivity index (χ4n) is 4.04. The number of nitrogens with one attached hydrogen (secondary N) is 2. The molecular formula is C26H21N6Na3O13S5. The normalized spacial score (nSPS) is 11.4. The van der Waals surface area contributed by atoms with E-state index >= 15 is 0 Å². The number of rotatable bonds is 14. The summed E-state index contributed by atoms with van der Waals surface area (Å²) in [6.07, 6.45) is 0. The number of hydrogen-bond donors (Lipinski definition) is 2. The van der Waals surface area contributed by atoms with Crippen LogP contribution >= 0.6 is 23.6 Å². The first-order chi connectivity index (χ1) is 23.5. The van der Waals surface area contributed by atoms with E-state index in [2.05, 4.69) is 40.6 Å². The molecule has 0 atom stereocenters. The van der Waals surface area contributed by atoms with Crippen LogP contribution < -0.4 is 114 Å². The van der Waals surface area contributed by atoms with Crippen LogP contribution in [0.15, 0.2) is 74.6 Å². The third kappa shape index (κ3) is 14.3. The fraction of sp³-hybridized carbons (Fsp3) is 0.154. The summed E-state index contributed by atoms with van der Waals surface area (Å²) in [6, 6.07) is 13.6. The Morgan fingerprint density at radius 2 is 1.72 bits per heavy atom. The minimum absolute atomic E-state index is 0. The van der Waals surface area contributed by atoms with E-state index in [4.69, 9.17) is 4.74 Å². The smallest absolute Gasteiger partial charge is 0.748 e. The summed E-state index contributed by atoms with van der Waals surface area (Å²) >= 11 is 1.23. The van der Waals surface area contributed by atoms with Gasteiger partial charge in [0, 0.05) is 41.9 Å². The van der Waals surface area contributed by atoms with Gasteiger partial charge in [-0.3, -0.25) is 14.7 Å². The van der Waals surface area contributed by atoms with Crippen molar-refractivity contribution in [2.24, 2.45) is 10.2 Å². The van der Waals surface area contributed by atoms with Crippen LogP contribution in [-0.4, -0.2) is 71.1 Å². The molecule has 266 valence electrons. The molecule has 4 aromatic rings. The average Bonchev–Trinajstić information content (AvgIpc) is 3.46. The molecule has 27 heteroatoms. The summed E-state index contributed by atoms with van der Waals surface area (Å²) in [5, 5.41) is 27.2. The number of hydrogen-bond acceptors (Lipinski definition) is 19. The second-order valence-corrected chi connectivity index (χ2v) is 15.4. The third-order valence-corrected chi connectivity index (χ3v) is 10.3.